The van der Waals surface area contributed by atoms with Gasteiger partial charge in [-0.05, 0) is 48.7 Å². The topological polar surface area (TPSA) is 47.6 Å². The van der Waals surface area contributed by atoms with E-state index < -0.39 is 0 Å². The number of hydrogen-bond donors (Lipinski definition) is 1. The zero-order valence-corrected chi connectivity index (χ0v) is 15.8. The van der Waals surface area contributed by atoms with Crippen molar-refractivity contribution < 1.29 is 14.3 Å². The first-order valence-electron chi connectivity index (χ1n) is 8.39. The van der Waals surface area contributed by atoms with E-state index in [0.29, 0.717) is 25.3 Å². The summed E-state index contributed by atoms with van der Waals surface area (Å²) in [6, 6.07) is 15.6. The molecule has 0 bridgehead atoms. The third-order valence-electron chi connectivity index (χ3n) is 4.83. The van der Waals surface area contributed by atoms with E-state index in [1.165, 1.54) is 5.56 Å². The van der Waals surface area contributed by atoms with Crippen LogP contribution < -0.4 is 10.1 Å². The first-order valence-corrected chi connectivity index (χ1v) is 9.18. The molecule has 4 nitrogen and oxygen atoms in total. The number of hydrogen-bond acceptors (Lipinski definition) is 3. The molecule has 1 heterocycles. The Morgan fingerprint density at radius 1 is 1.20 bits per heavy atom. The van der Waals surface area contributed by atoms with Gasteiger partial charge < -0.3 is 14.8 Å². The van der Waals surface area contributed by atoms with Gasteiger partial charge in [0.2, 0.25) is 0 Å². The lowest BCUT2D eigenvalue weighted by molar-refractivity contribution is 0.0487. The van der Waals surface area contributed by atoms with E-state index in [9.17, 15) is 4.79 Å². The molecule has 2 aromatic rings. The molecule has 1 N–H and O–H groups in total. The van der Waals surface area contributed by atoms with E-state index in [1.807, 2.05) is 36.4 Å². The number of methoxy groups -OCH3 is 1. The number of halogens is 1. The molecule has 0 aromatic heterocycles. The second kappa shape index (κ2) is 8.02. The standard InChI is InChI=1S/C20H22BrNO3/c1-24-18-7-5-16(6-8-18)20(9-11-25-12-10-20)14-22-19(23)15-3-2-4-17(21)13-15/h2-8,13H,9-12,14H2,1H3,(H,22,23). The summed E-state index contributed by atoms with van der Waals surface area (Å²) < 4.78 is 11.7. The van der Waals surface area contributed by atoms with Crippen molar-refractivity contribution in [3.05, 3.63) is 64.1 Å². The molecule has 1 saturated heterocycles. The second-order valence-electron chi connectivity index (χ2n) is 6.31. The molecule has 0 unspecified atom stereocenters. The Labute approximate surface area is 156 Å². The van der Waals surface area contributed by atoms with E-state index in [2.05, 4.69) is 33.4 Å². The maximum atomic E-state index is 12.5. The summed E-state index contributed by atoms with van der Waals surface area (Å²) in [4.78, 5) is 12.5. The molecular formula is C20H22BrNO3. The number of nitrogens with one attached hydrogen (secondary N) is 1. The van der Waals surface area contributed by atoms with Crippen molar-refractivity contribution in [3.63, 3.8) is 0 Å². The van der Waals surface area contributed by atoms with Crippen LogP contribution in [-0.2, 0) is 10.2 Å². The van der Waals surface area contributed by atoms with Crippen molar-refractivity contribution in [2.24, 2.45) is 0 Å². The fourth-order valence-electron chi connectivity index (χ4n) is 3.26. The molecule has 0 radical (unpaired) electrons. The SMILES string of the molecule is COc1ccc(C2(CNC(=O)c3cccc(Br)c3)CCOCC2)cc1. The Morgan fingerprint density at radius 2 is 1.92 bits per heavy atom. The normalized spacial score (nSPS) is 16.2. The molecule has 25 heavy (non-hydrogen) atoms. The van der Waals surface area contributed by atoms with E-state index in [4.69, 9.17) is 9.47 Å². The van der Waals surface area contributed by atoms with Gasteiger partial charge in [0.05, 0.1) is 7.11 Å². The van der Waals surface area contributed by atoms with E-state index in [1.54, 1.807) is 7.11 Å². The Balaban J connectivity index is 1.77. The van der Waals surface area contributed by atoms with Crippen LogP contribution >= 0.6 is 15.9 Å². The van der Waals surface area contributed by atoms with Crippen molar-refractivity contribution >= 4 is 21.8 Å². The Morgan fingerprint density at radius 3 is 2.56 bits per heavy atom. The van der Waals surface area contributed by atoms with Crippen LogP contribution in [-0.4, -0.2) is 32.8 Å². The number of carbonyl (C=O) groups is 1. The van der Waals surface area contributed by atoms with Gasteiger partial charge in [-0.15, -0.1) is 0 Å². The fraction of sp³-hybridized carbons (Fsp3) is 0.350. The quantitative estimate of drug-likeness (QED) is 0.822. The molecule has 3 rings (SSSR count). The first-order chi connectivity index (χ1) is 12.1. The van der Waals surface area contributed by atoms with Crippen molar-refractivity contribution in [2.75, 3.05) is 26.9 Å². The number of benzene rings is 2. The smallest absolute Gasteiger partial charge is 0.251 e. The minimum atomic E-state index is -0.105. The fourth-order valence-corrected chi connectivity index (χ4v) is 3.65. The van der Waals surface area contributed by atoms with Gasteiger partial charge >= 0.3 is 0 Å². The molecule has 1 amide bonds. The van der Waals surface area contributed by atoms with E-state index in [-0.39, 0.29) is 11.3 Å². The lowest BCUT2D eigenvalue weighted by Gasteiger charge is -2.38. The monoisotopic (exact) mass is 403 g/mol. The predicted octanol–water partition coefficient (Wildman–Crippen LogP) is 3.94. The molecule has 0 saturated carbocycles. The minimum Gasteiger partial charge on any atom is -0.497 e. The molecule has 132 valence electrons. The van der Waals surface area contributed by atoms with Crippen molar-refractivity contribution in [1.82, 2.24) is 5.32 Å². The highest BCUT2D eigenvalue weighted by Gasteiger charge is 2.35. The second-order valence-corrected chi connectivity index (χ2v) is 7.23. The highest BCUT2D eigenvalue weighted by molar-refractivity contribution is 9.10. The zero-order chi connectivity index (χ0) is 17.7. The van der Waals surface area contributed by atoms with Crippen molar-refractivity contribution in [2.45, 2.75) is 18.3 Å². The van der Waals surface area contributed by atoms with Crippen LogP contribution in [0, 0.1) is 0 Å². The van der Waals surface area contributed by atoms with Gasteiger partial charge in [0.15, 0.2) is 0 Å². The lowest BCUT2D eigenvalue weighted by Crippen LogP contribution is -2.44. The number of ether oxygens (including phenoxy) is 2. The van der Waals surface area contributed by atoms with Crippen LogP contribution in [0.1, 0.15) is 28.8 Å². The van der Waals surface area contributed by atoms with Gasteiger partial charge in [-0.3, -0.25) is 4.79 Å². The van der Waals surface area contributed by atoms with Crippen LogP contribution in [0.3, 0.4) is 0 Å². The average molecular weight is 404 g/mol. The maximum absolute atomic E-state index is 12.5. The lowest BCUT2D eigenvalue weighted by atomic mass is 9.74. The summed E-state index contributed by atoms with van der Waals surface area (Å²) in [6.07, 6.45) is 1.77. The zero-order valence-electron chi connectivity index (χ0n) is 14.3. The summed E-state index contributed by atoms with van der Waals surface area (Å²) >= 11 is 3.41. The summed E-state index contributed by atoms with van der Waals surface area (Å²) in [5.41, 5.74) is 1.77. The Hall–Kier alpha value is -1.85. The molecule has 0 spiro atoms. The van der Waals surface area contributed by atoms with Gasteiger partial charge in [0.25, 0.3) is 5.91 Å². The molecule has 2 aromatic carbocycles. The van der Waals surface area contributed by atoms with Gasteiger partial charge in [-0.1, -0.05) is 34.1 Å². The summed E-state index contributed by atoms with van der Waals surface area (Å²) in [6.45, 7) is 2.01. The molecule has 0 aliphatic carbocycles. The third kappa shape index (κ3) is 4.22. The Bertz CT molecular complexity index is 724. The van der Waals surface area contributed by atoms with Crippen LogP contribution in [0.2, 0.25) is 0 Å². The van der Waals surface area contributed by atoms with E-state index in [0.717, 1.165) is 23.1 Å². The van der Waals surface area contributed by atoms with Crippen LogP contribution in [0.4, 0.5) is 0 Å². The number of amides is 1. The molecule has 0 atom stereocenters. The van der Waals surface area contributed by atoms with Crippen LogP contribution in [0.5, 0.6) is 5.75 Å². The van der Waals surface area contributed by atoms with Gasteiger partial charge in [0, 0.05) is 35.2 Å². The van der Waals surface area contributed by atoms with Gasteiger partial charge in [-0.2, -0.15) is 0 Å². The maximum Gasteiger partial charge on any atom is 0.251 e. The molecule has 1 aliphatic heterocycles. The Kier molecular flexibility index (Phi) is 5.76. The van der Waals surface area contributed by atoms with Crippen molar-refractivity contribution in [3.8, 4) is 5.75 Å². The molecule has 5 heteroatoms. The van der Waals surface area contributed by atoms with Gasteiger partial charge in [-0.25, -0.2) is 0 Å². The molecule has 1 aliphatic rings. The summed E-state index contributed by atoms with van der Waals surface area (Å²) in [5, 5.41) is 3.12. The van der Waals surface area contributed by atoms with Crippen LogP contribution in [0.25, 0.3) is 0 Å². The number of carbonyl (C=O) groups excluding carboxylic acids is 1. The number of rotatable bonds is 5. The molecular weight excluding hydrogens is 382 g/mol. The van der Waals surface area contributed by atoms with Gasteiger partial charge in [0.1, 0.15) is 5.75 Å². The average Bonchev–Trinajstić information content (AvgIpc) is 2.67. The molecule has 1 fully saturated rings. The minimum absolute atomic E-state index is 0.0549. The predicted molar refractivity (Wildman–Crippen MR) is 101 cm³/mol. The first kappa shape index (κ1) is 18.0. The highest BCUT2D eigenvalue weighted by Crippen LogP contribution is 2.35. The summed E-state index contributed by atoms with van der Waals surface area (Å²) in [7, 11) is 1.66. The largest absolute Gasteiger partial charge is 0.497 e. The van der Waals surface area contributed by atoms with Crippen molar-refractivity contribution in [1.29, 1.82) is 0 Å². The third-order valence-corrected chi connectivity index (χ3v) is 5.32. The van der Waals surface area contributed by atoms with Crippen LogP contribution in [0.15, 0.2) is 53.0 Å². The summed E-state index contributed by atoms with van der Waals surface area (Å²) in [5.74, 6) is 0.782. The van der Waals surface area contributed by atoms with E-state index >= 15 is 0 Å². The highest BCUT2D eigenvalue weighted by atomic mass is 79.9.